The second-order valence-corrected chi connectivity index (χ2v) is 4.85. The number of amides is 1. The molecule has 7 heteroatoms. The molecular weight excluding hydrogens is 311 g/mol. The summed E-state index contributed by atoms with van der Waals surface area (Å²) in [7, 11) is 0. The minimum Gasteiger partial charge on any atom is -0.503 e. The van der Waals surface area contributed by atoms with Gasteiger partial charge >= 0.3 is 0 Å². The third-order valence-electron chi connectivity index (χ3n) is 3.27. The van der Waals surface area contributed by atoms with E-state index in [0.29, 0.717) is 11.6 Å². The highest BCUT2D eigenvalue weighted by atomic mass is 19.2. The van der Waals surface area contributed by atoms with Gasteiger partial charge in [0.1, 0.15) is 0 Å². The summed E-state index contributed by atoms with van der Waals surface area (Å²) < 4.78 is 39.7. The normalized spacial score (nSPS) is 12.0. The standard InChI is InChI=1S/C16H14F3NO3/c17-11-8-10(13(18)15(22)14(11)19)16(23)20-7-6-12(21)9-4-2-1-3-5-9/h1-5,8,12,21-22H,6-7H2,(H,20,23). The van der Waals surface area contributed by atoms with E-state index in [1.807, 2.05) is 0 Å². The van der Waals surface area contributed by atoms with Gasteiger partial charge in [0.25, 0.3) is 5.91 Å². The number of phenolic OH excluding ortho intramolecular Hbond substituents is 1. The highest BCUT2D eigenvalue weighted by Crippen LogP contribution is 2.25. The molecule has 0 radical (unpaired) electrons. The van der Waals surface area contributed by atoms with Gasteiger partial charge in [-0.05, 0) is 18.1 Å². The van der Waals surface area contributed by atoms with Crippen LogP contribution in [0.15, 0.2) is 36.4 Å². The van der Waals surface area contributed by atoms with E-state index in [1.165, 1.54) is 0 Å². The quantitative estimate of drug-likeness (QED) is 0.740. The summed E-state index contributed by atoms with van der Waals surface area (Å²) in [5.41, 5.74) is -0.158. The third-order valence-corrected chi connectivity index (χ3v) is 3.27. The monoisotopic (exact) mass is 325 g/mol. The molecule has 0 aliphatic carbocycles. The zero-order chi connectivity index (χ0) is 17.0. The number of halogens is 3. The van der Waals surface area contributed by atoms with Gasteiger partial charge in [0.15, 0.2) is 17.4 Å². The summed E-state index contributed by atoms with van der Waals surface area (Å²) in [5, 5.41) is 21.3. The van der Waals surface area contributed by atoms with Crippen LogP contribution in [0.4, 0.5) is 13.2 Å². The van der Waals surface area contributed by atoms with Crippen LogP contribution in [0.2, 0.25) is 0 Å². The van der Waals surface area contributed by atoms with E-state index in [4.69, 9.17) is 5.11 Å². The summed E-state index contributed by atoms with van der Waals surface area (Å²) in [5.74, 6) is -7.38. The average molecular weight is 325 g/mol. The van der Waals surface area contributed by atoms with Crippen LogP contribution in [-0.2, 0) is 0 Å². The van der Waals surface area contributed by atoms with Crippen LogP contribution < -0.4 is 5.32 Å². The maximum absolute atomic E-state index is 13.6. The van der Waals surface area contributed by atoms with Crippen molar-refractivity contribution in [2.24, 2.45) is 0 Å². The largest absolute Gasteiger partial charge is 0.503 e. The number of benzene rings is 2. The molecule has 3 N–H and O–H groups in total. The van der Waals surface area contributed by atoms with Crippen LogP contribution in [-0.4, -0.2) is 22.7 Å². The molecule has 1 atom stereocenters. The highest BCUT2D eigenvalue weighted by molar-refractivity contribution is 5.94. The molecule has 1 unspecified atom stereocenters. The molecule has 0 aliphatic rings. The van der Waals surface area contributed by atoms with E-state index in [-0.39, 0.29) is 13.0 Å². The van der Waals surface area contributed by atoms with Crippen LogP contribution in [0.3, 0.4) is 0 Å². The molecule has 0 aromatic heterocycles. The smallest absolute Gasteiger partial charge is 0.254 e. The maximum atomic E-state index is 13.6. The second-order valence-electron chi connectivity index (χ2n) is 4.85. The Morgan fingerprint density at radius 1 is 1.13 bits per heavy atom. The molecule has 2 rings (SSSR count). The number of carbonyl (C=O) groups is 1. The molecule has 0 saturated carbocycles. The van der Waals surface area contributed by atoms with Crippen molar-refractivity contribution >= 4 is 5.91 Å². The molecule has 0 saturated heterocycles. The Morgan fingerprint density at radius 2 is 1.78 bits per heavy atom. The first kappa shape index (κ1) is 16.8. The first-order chi connectivity index (χ1) is 10.9. The topological polar surface area (TPSA) is 69.6 Å². The van der Waals surface area contributed by atoms with E-state index in [0.717, 1.165) is 0 Å². The van der Waals surface area contributed by atoms with E-state index >= 15 is 0 Å². The number of aliphatic hydroxyl groups excluding tert-OH is 1. The van der Waals surface area contributed by atoms with Crippen molar-refractivity contribution < 1.29 is 28.2 Å². The lowest BCUT2D eigenvalue weighted by Crippen LogP contribution is -2.27. The molecular formula is C16H14F3NO3. The van der Waals surface area contributed by atoms with Gasteiger partial charge in [0.05, 0.1) is 11.7 Å². The second kappa shape index (κ2) is 7.15. The SMILES string of the molecule is O=C(NCCC(O)c1ccccc1)c1cc(F)c(F)c(O)c1F. The Kier molecular flexibility index (Phi) is 5.23. The number of aromatic hydroxyl groups is 1. The van der Waals surface area contributed by atoms with Gasteiger partial charge in [-0.2, -0.15) is 4.39 Å². The molecule has 23 heavy (non-hydrogen) atoms. The van der Waals surface area contributed by atoms with Gasteiger partial charge in [0, 0.05) is 6.54 Å². The fourth-order valence-electron chi connectivity index (χ4n) is 2.02. The molecule has 1 amide bonds. The molecule has 0 spiro atoms. The van der Waals surface area contributed by atoms with E-state index in [1.54, 1.807) is 30.3 Å². The predicted molar refractivity (Wildman–Crippen MR) is 76.3 cm³/mol. The maximum Gasteiger partial charge on any atom is 0.254 e. The van der Waals surface area contributed by atoms with Crippen molar-refractivity contribution in [1.82, 2.24) is 5.32 Å². The lowest BCUT2D eigenvalue weighted by molar-refractivity contribution is 0.0937. The lowest BCUT2D eigenvalue weighted by atomic mass is 10.1. The van der Waals surface area contributed by atoms with Crippen molar-refractivity contribution in [3.05, 3.63) is 65.0 Å². The number of phenols is 1. The fraction of sp³-hybridized carbons (Fsp3) is 0.188. The first-order valence-corrected chi connectivity index (χ1v) is 6.79. The Hall–Kier alpha value is -2.54. The molecule has 4 nitrogen and oxygen atoms in total. The van der Waals surface area contributed by atoms with Gasteiger partial charge in [-0.1, -0.05) is 30.3 Å². The van der Waals surface area contributed by atoms with Crippen LogP contribution in [0.25, 0.3) is 0 Å². The number of aliphatic hydroxyl groups is 1. The van der Waals surface area contributed by atoms with Gasteiger partial charge in [-0.25, -0.2) is 8.78 Å². The van der Waals surface area contributed by atoms with Crippen molar-refractivity contribution in [3.63, 3.8) is 0 Å². The first-order valence-electron chi connectivity index (χ1n) is 6.79. The summed E-state index contributed by atoms with van der Waals surface area (Å²) in [6, 6.07) is 9.07. The van der Waals surface area contributed by atoms with Crippen LogP contribution in [0.5, 0.6) is 5.75 Å². The van der Waals surface area contributed by atoms with E-state index in [9.17, 15) is 23.1 Å². The van der Waals surface area contributed by atoms with Gasteiger partial charge < -0.3 is 15.5 Å². The molecule has 0 aliphatic heterocycles. The van der Waals surface area contributed by atoms with Crippen molar-refractivity contribution in [1.29, 1.82) is 0 Å². The van der Waals surface area contributed by atoms with Gasteiger partial charge in [0.2, 0.25) is 5.82 Å². The third kappa shape index (κ3) is 3.81. The van der Waals surface area contributed by atoms with Crippen LogP contribution in [0.1, 0.15) is 28.4 Å². The predicted octanol–water partition coefficient (Wildman–Crippen LogP) is 2.66. The Bertz CT molecular complexity index is 707. The Morgan fingerprint density at radius 3 is 2.43 bits per heavy atom. The molecule has 0 fully saturated rings. The highest BCUT2D eigenvalue weighted by Gasteiger charge is 2.22. The average Bonchev–Trinajstić information content (AvgIpc) is 2.56. The number of carbonyl (C=O) groups excluding carboxylic acids is 1. The zero-order valence-electron chi connectivity index (χ0n) is 11.9. The molecule has 0 bridgehead atoms. The van der Waals surface area contributed by atoms with Gasteiger partial charge in [-0.3, -0.25) is 4.79 Å². The van der Waals surface area contributed by atoms with E-state index < -0.39 is 40.8 Å². The number of rotatable bonds is 5. The summed E-state index contributed by atoms with van der Waals surface area (Å²) in [4.78, 5) is 11.8. The summed E-state index contributed by atoms with van der Waals surface area (Å²) in [6.45, 7) is -0.0198. The molecule has 2 aromatic rings. The summed E-state index contributed by atoms with van der Waals surface area (Å²) in [6.07, 6.45) is -0.688. The van der Waals surface area contributed by atoms with Crippen LogP contribution in [0, 0.1) is 17.5 Å². The minimum atomic E-state index is -1.75. The summed E-state index contributed by atoms with van der Waals surface area (Å²) >= 11 is 0. The van der Waals surface area contributed by atoms with Crippen molar-refractivity contribution in [3.8, 4) is 5.75 Å². The Labute approximate surface area is 130 Å². The number of nitrogens with one attached hydrogen (secondary N) is 1. The van der Waals surface area contributed by atoms with E-state index in [2.05, 4.69) is 5.32 Å². The zero-order valence-corrected chi connectivity index (χ0v) is 11.9. The number of hydrogen-bond acceptors (Lipinski definition) is 3. The molecule has 0 heterocycles. The van der Waals surface area contributed by atoms with Gasteiger partial charge in [-0.15, -0.1) is 0 Å². The lowest BCUT2D eigenvalue weighted by Gasteiger charge is -2.12. The fourth-order valence-corrected chi connectivity index (χ4v) is 2.02. The van der Waals surface area contributed by atoms with Crippen molar-refractivity contribution in [2.45, 2.75) is 12.5 Å². The van der Waals surface area contributed by atoms with Crippen molar-refractivity contribution in [2.75, 3.05) is 6.54 Å². The molecule has 2 aromatic carbocycles. The number of hydrogen-bond donors (Lipinski definition) is 3. The molecule has 122 valence electrons. The van der Waals surface area contributed by atoms with Crippen LogP contribution >= 0.6 is 0 Å². The Balaban J connectivity index is 1.98. The minimum absolute atomic E-state index is 0.0198.